The van der Waals surface area contributed by atoms with Crippen LogP contribution < -0.4 is 15.4 Å². The van der Waals surface area contributed by atoms with Crippen molar-refractivity contribution in [3.63, 3.8) is 0 Å². The minimum Gasteiger partial charge on any atom is -0.491 e. The van der Waals surface area contributed by atoms with Crippen molar-refractivity contribution < 1.29 is 9.53 Å². The Morgan fingerprint density at radius 2 is 2.00 bits per heavy atom. The fraction of sp³-hybridized carbons (Fsp3) is 0.385. The molecular formula is C13H18N2O2S. The minimum atomic E-state index is -0.232. The highest BCUT2D eigenvalue weighted by Gasteiger charge is 2.07. The number of amides is 1. The molecule has 1 aromatic carbocycles. The van der Waals surface area contributed by atoms with E-state index in [1.54, 1.807) is 31.3 Å². The van der Waals surface area contributed by atoms with Crippen LogP contribution in [-0.4, -0.2) is 24.2 Å². The summed E-state index contributed by atoms with van der Waals surface area (Å²) in [4.78, 5) is 11.7. The van der Waals surface area contributed by atoms with Crippen molar-refractivity contribution in [1.29, 1.82) is 0 Å². The third-order valence-corrected chi connectivity index (χ3v) is 2.79. The monoisotopic (exact) mass is 266 g/mol. The van der Waals surface area contributed by atoms with Crippen LogP contribution in [0.3, 0.4) is 0 Å². The molecule has 0 aliphatic carbocycles. The maximum Gasteiger partial charge on any atom is 0.257 e. The second kappa shape index (κ2) is 6.96. The zero-order valence-corrected chi connectivity index (χ0v) is 11.6. The average molecular weight is 266 g/mol. The summed E-state index contributed by atoms with van der Waals surface area (Å²) in [6, 6.07) is 6.99. The fourth-order valence-corrected chi connectivity index (χ4v) is 1.33. The van der Waals surface area contributed by atoms with Crippen molar-refractivity contribution in [3.8, 4) is 5.75 Å². The SMILES string of the molecule is CCC(C)Oc1ccc(C(=O)NC(=S)NC)cc1. The summed E-state index contributed by atoms with van der Waals surface area (Å²) in [7, 11) is 1.66. The lowest BCUT2D eigenvalue weighted by atomic mass is 10.2. The standard InChI is InChI=1S/C13H18N2O2S/c1-4-9(2)17-11-7-5-10(6-8-11)12(16)15-13(18)14-3/h5-9H,4H2,1-3H3,(H2,14,15,16,18). The van der Waals surface area contributed by atoms with Crippen molar-refractivity contribution in [2.75, 3.05) is 7.05 Å². The molecule has 0 radical (unpaired) electrons. The van der Waals surface area contributed by atoms with Crippen LogP contribution in [0.25, 0.3) is 0 Å². The number of nitrogens with one attached hydrogen (secondary N) is 2. The smallest absolute Gasteiger partial charge is 0.257 e. The molecule has 0 fully saturated rings. The van der Waals surface area contributed by atoms with Crippen molar-refractivity contribution >= 4 is 23.2 Å². The predicted octanol–water partition coefficient (Wildman–Crippen LogP) is 2.10. The predicted molar refractivity (Wildman–Crippen MR) is 75.9 cm³/mol. The molecule has 0 spiro atoms. The van der Waals surface area contributed by atoms with Gasteiger partial charge in [-0.05, 0) is 49.8 Å². The van der Waals surface area contributed by atoms with Gasteiger partial charge in [0.05, 0.1) is 6.10 Å². The summed E-state index contributed by atoms with van der Waals surface area (Å²) in [5, 5.41) is 5.55. The molecule has 4 nitrogen and oxygen atoms in total. The molecule has 2 N–H and O–H groups in total. The Kier molecular flexibility index (Phi) is 5.58. The first kappa shape index (κ1) is 14.4. The van der Waals surface area contributed by atoms with Crippen LogP contribution in [0.1, 0.15) is 30.6 Å². The maximum atomic E-state index is 11.7. The highest BCUT2D eigenvalue weighted by molar-refractivity contribution is 7.80. The molecule has 1 rings (SSSR count). The number of ether oxygens (including phenoxy) is 1. The molecule has 1 aromatic rings. The van der Waals surface area contributed by atoms with Crippen molar-refractivity contribution in [2.45, 2.75) is 26.4 Å². The second-order valence-corrected chi connectivity index (χ2v) is 4.30. The first-order valence-corrected chi connectivity index (χ1v) is 6.27. The molecule has 0 aromatic heterocycles. The molecule has 5 heteroatoms. The quantitative estimate of drug-likeness (QED) is 0.819. The van der Waals surface area contributed by atoms with Gasteiger partial charge in [0, 0.05) is 12.6 Å². The Morgan fingerprint density at radius 3 is 2.50 bits per heavy atom. The van der Waals surface area contributed by atoms with E-state index < -0.39 is 0 Å². The number of carbonyl (C=O) groups excluding carboxylic acids is 1. The first-order chi connectivity index (χ1) is 8.56. The third kappa shape index (κ3) is 4.33. The van der Waals surface area contributed by atoms with Crippen molar-refractivity contribution in [2.24, 2.45) is 0 Å². The Bertz CT molecular complexity index is 418. The molecule has 0 aliphatic heterocycles. The van der Waals surface area contributed by atoms with Crippen LogP contribution in [0.2, 0.25) is 0 Å². The van der Waals surface area contributed by atoms with E-state index in [9.17, 15) is 4.79 Å². The number of benzene rings is 1. The van der Waals surface area contributed by atoms with Gasteiger partial charge in [0.1, 0.15) is 5.75 Å². The summed E-state index contributed by atoms with van der Waals surface area (Å²) >= 11 is 4.86. The van der Waals surface area contributed by atoms with Gasteiger partial charge in [0.25, 0.3) is 5.91 Å². The van der Waals surface area contributed by atoms with E-state index in [0.29, 0.717) is 10.7 Å². The molecule has 0 saturated carbocycles. The zero-order chi connectivity index (χ0) is 13.5. The van der Waals surface area contributed by atoms with E-state index >= 15 is 0 Å². The van der Waals surface area contributed by atoms with Crippen molar-refractivity contribution in [3.05, 3.63) is 29.8 Å². The number of thiocarbonyl (C=S) groups is 1. The van der Waals surface area contributed by atoms with Gasteiger partial charge < -0.3 is 10.1 Å². The first-order valence-electron chi connectivity index (χ1n) is 5.86. The highest BCUT2D eigenvalue weighted by Crippen LogP contribution is 2.14. The van der Waals surface area contributed by atoms with Gasteiger partial charge in [0.2, 0.25) is 0 Å². The summed E-state index contributed by atoms with van der Waals surface area (Å²) < 4.78 is 5.63. The van der Waals surface area contributed by atoms with Crippen LogP contribution in [0.5, 0.6) is 5.75 Å². The zero-order valence-electron chi connectivity index (χ0n) is 10.8. The summed E-state index contributed by atoms with van der Waals surface area (Å²) in [5.74, 6) is 0.529. The van der Waals surface area contributed by atoms with Crippen LogP contribution in [0.4, 0.5) is 0 Å². The van der Waals surface area contributed by atoms with Crippen LogP contribution in [-0.2, 0) is 0 Å². The van der Waals surface area contributed by atoms with Crippen LogP contribution in [0.15, 0.2) is 24.3 Å². The highest BCUT2D eigenvalue weighted by atomic mass is 32.1. The van der Waals surface area contributed by atoms with Crippen LogP contribution in [0, 0.1) is 0 Å². The molecule has 0 saturated heterocycles. The van der Waals surface area contributed by atoms with E-state index in [4.69, 9.17) is 17.0 Å². The van der Waals surface area contributed by atoms with E-state index in [0.717, 1.165) is 12.2 Å². The number of hydrogen-bond donors (Lipinski definition) is 2. The maximum absolute atomic E-state index is 11.7. The lowest BCUT2D eigenvalue weighted by Crippen LogP contribution is -2.37. The summed E-state index contributed by atoms with van der Waals surface area (Å²) in [5.41, 5.74) is 0.545. The van der Waals surface area contributed by atoms with E-state index in [-0.39, 0.29) is 12.0 Å². The van der Waals surface area contributed by atoms with E-state index in [2.05, 4.69) is 17.6 Å². The average Bonchev–Trinajstić information content (AvgIpc) is 2.39. The van der Waals surface area contributed by atoms with E-state index in [1.165, 1.54) is 0 Å². The Hall–Kier alpha value is -1.62. The van der Waals surface area contributed by atoms with Gasteiger partial charge in [-0.25, -0.2) is 0 Å². The molecule has 1 amide bonds. The molecule has 1 unspecified atom stereocenters. The second-order valence-electron chi connectivity index (χ2n) is 3.89. The Balaban J connectivity index is 2.65. The third-order valence-electron chi connectivity index (χ3n) is 2.48. The molecule has 0 aliphatic rings. The normalized spacial score (nSPS) is 11.5. The van der Waals surface area contributed by atoms with Gasteiger partial charge in [0.15, 0.2) is 5.11 Å². The minimum absolute atomic E-state index is 0.168. The van der Waals surface area contributed by atoms with Gasteiger partial charge in [-0.15, -0.1) is 0 Å². The number of hydrogen-bond acceptors (Lipinski definition) is 3. The number of rotatable bonds is 4. The largest absolute Gasteiger partial charge is 0.491 e. The Labute approximate surface area is 113 Å². The topological polar surface area (TPSA) is 50.4 Å². The summed E-state index contributed by atoms with van der Waals surface area (Å²) in [6.07, 6.45) is 1.11. The van der Waals surface area contributed by atoms with Gasteiger partial charge in [-0.3, -0.25) is 10.1 Å². The Morgan fingerprint density at radius 1 is 1.39 bits per heavy atom. The lowest BCUT2D eigenvalue weighted by molar-refractivity contribution is 0.0977. The molecule has 98 valence electrons. The lowest BCUT2D eigenvalue weighted by Gasteiger charge is -2.12. The van der Waals surface area contributed by atoms with Gasteiger partial charge in [-0.2, -0.15) is 0 Å². The molecule has 18 heavy (non-hydrogen) atoms. The number of carbonyl (C=O) groups is 1. The van der Waals surface area contributed by atoms with Crippen molar-refractivity contribution in [1.82, 2.24) is 10.6 Å². The van der Waals surface area contributed by atoms with Gasteiger partial charge in [-0.1, -0.05) is 6.92 Å². The summed E-state index contributed by atoms with van der Waals surface area (Å²) in [6.45, 7) is 4.07. The molecule has 0 heterocycles. The van der Waals surface area contributed by atoms with Gasteiger partial charge >= 0.3 is 0 Å². The molecular weight excluding hydrogens is 248 g/mol. The molecule has 1 atom stereocenters. The van der Waals surface area contributed by atoms with E-state index in [1.807, 2.05) is 6.92 Å². The molecule has 0 bridgehead atoms. The van der Waals surface area contributed by atoms with Crippen LogP contribution >= 0.6 is 12.2 Å². The fourth-order valence-electron chi connectivity index (χ4n) is 1.24.